The Morgan fingerprint density at radius 3 is 2.95 bits per heavy atom. The maximum atomic E-state index is 12.0. The molecule has 1 atom stereocenters. The maximum Gasteiger partial charge on any atom is 0.288 e. The van der Waals surface area contributed by atoms with E-state index in [2.05, 4.69) is 10.3 Å². The van der Waals surface area contributed by atoms with Crippen molar-refractivity contribution < 1.29 is 13.4 Å². The number of benzene rings is 1. The molecular formula is C12H15N3O3S. The second-order valence-corrected chi connectivity index (χ2v) is 5.75. The van der Waals surface area contributed by atoms with Gasteiger partial charge in [-0.1, -0.05) is 0 Å². The molecule has 1 amide bonds. The van der Waals surface area contributed by atoms with Crippen LogP contribution in [0.5, 0.6) is 0 Å². The monoisotopic (exact) mass is 281 g/mol. The number of nitrogens with one attached hydrogen (secondary N) is 1. The van der Waals surface area contributed by atoms with E-state index in [1.165, 1.54) is 0 Å². The Labute approximate surface area is 112 Å². The lowest BCUT2D eigenvalue weighted by atomic mass is 10.3. The first-order valence-electron chi connectivity index (χ1n) is 5.79. The van der Waals surface area contributed by atoms with E-state index < -0.39 is 10.8 Å². The van der Waals surface area contributed by atoms with Gasteiger partial charge in [-0.2, -0.15) is 0 Å². The van der Waals surface area contributed by atoms with Gasteiger partial charge in [0.05, 0.1) is 0 Å². The molecule has 0 saturated heterocycles. The van der Waals surface area contributed by atoms with E-state index in [0.29, 0.717) is 16.8 Å². The van der Waals surface area contributed by atoms with Crippen molar-refractivity contribution in [3.8, 4) is 0 Å². The summed E-state index contributed by atoms with van der Waals surface area (Å²) in [5, 5.41) is 2.71. The number of rotatable bonds is 4. The summed E-state index contributed by atoms with van der Waals surface area (Å²) in [5.41, 5.74) is 7.19. The zero-order valence-corrected chi connectivity index (χ0v) is 11.5. The number of hydrogen-bond acceptors (Lipinski definition) is 5. The normalized spacial score (nSPS) is 12.8. The minimum absolute atomic E-state index is 0.00734. The molecule has 3 N–H and O–H groups in total. The number of fused-ring (bicyclic) bond motifs is 1. The molecule has 1 unspecified atom stereocenters. The van der Waals surface area contributed by atoms with Gasteiger partial charge in [-0.05, 0) is 26.0 Å². The zero-order chi connectivity index (χ0) is 14.0. The van der Waals surface area contributed by atoms with E-state index in [1.54, 1.807) is 18.2 Å². The van der Waals surface area contributed by atoms with E-state index in [0.717, 1.165) is 0 Å². The number of amides is 1. The van der Waals surface area contributed by atoms with Crippen LogP contribution in [0.1, 0.15) is 13.8 Å². The first-order chi connectivity index (χ1) is 8.95. The molecule has 102 valence electrons. The molecule has 0 aliphatic carbocycles. The van der Waals surface area contributed by atoms with Gasteiger partial charge in [-0.15, -0.1) is 0 Å². The average molecular weight is 281 g/mol. The van der Waals surface area contributed by atoms with Crippen LogP contribution in [0.2, 0.25) is 0 Å². The highest BCUT2D eigenvalue weighted by Crippen LogP contribution is 2.20. The van der Waals surface area contributed by atoms with Crippen LogP contribution in [-0.2, 0) is 15.6 Å². The van der Waals surface area contributed by atoms with Gasteiger partial charge in [0.1, 0.15) is 22.1 Å². The minimum Gasteiger partial charge on any atom is -0.430 e. The van der Waals surface area contributed by atoms with Crippen molar-refractivity contribution in [3.63, 3.8) is 0 Å². The number of aromatic nitrogens is 1. The van der Waals surface area contributed by atoms with Crippen molar-refractivity contribution in [1.82, 2.24) is 10.3 Å². The van der Waals surface area contributed by atoms with Gasteiger partial charge in [-0.25, -0.2) is 9.19 Å². The Hall–Kier alpha value is -1.89. The highest BCUT2D eigenvalue weighted by molar-refractivity contribution is 7.85. The number of anilines is 1. The molecule has 0 bridgehead atoms. The van der Waals surface area contributed by atoms with Crippen LogP contribution >= 0.6 is 0 Å². The van der Waals surface area contributed by atoms with E-state index in [-0.39, 0.29) is 22.9 Å². The molecule has 2 rings (SSSR count). The first-order valence-corrected chi connectivity index (χ1v) is 7.11. The van der Waals surface area contributed by atoms with Crippen LogP contribution in [-0.4, -0.2) is 26.9 Å². The number of hydrogen-bond donors (Lipinski definition) is 2. The summed E-state index contributed by atoms with van der Waals surface area (Å²) in [4.78, 5) is 15.6. The van der Waals surface area contributed by atoms with Crippen molar-refractivity contribution >= 4 is 33.5 Å². The van der Waals surface area contributed by atoms with Gasteiger partial charge < -0.3 is 15.5 Å². The van der Waals surface area contributed by atoms with Crippen LogP contribution in [0.3, 0.4) is 0 Å². The Kier molecular flexibility index (Phi) is 3.84. The summed E-state index contributed by atoms with van der Waals surface area (Å²) in [5.74, 6) is -0.462. The summed E-state index contributed by atoms with van der Waals surface area (Å²) in [6.07, 6.45) is 0. The first kappa shape index (κ1) is 13.5. The number of nitrogens with two attached hydrogens (primary N) is 1. The van der Waals surface area contributed by atoms with Crippen molar-refractivity contribution in [2.24, 2.45) is 0 Å². The van der Waals surface area contributed by atoms with Crippen LogP contribution in [0.25, 0.3) is 11.1 Å². The summed E-state index contributed by atoms with van der Waals surface area (Å²) in [6, 6.07) is 4.98. The summed E-state index contributed by atoms with van der Waals surface area (Å²) >= 11 is 0. The third-order valence-electron chi connectivity index (χ3n) is 2.30. The third-order valence-corrected chi connectivity index (χ3v) is 3.39. The fourth-order valence-electron chi connectivity index (χ4n) is 1.56. The predicted octanol–water partition coefficient (Wildman–Crippen LogP) is 1.04. The quantitative estimate of drug-likeness (QED) is 0.816. The molecule has 0 aliphatic heterocycles. The highest BCUT2D eigenvalue weighted by atomic mass is 32.2. The fraction of sp³-hybridized carbons (Fsp3) is 0.333. The van der Waals surface area contributed by atoms with Crippen LogP contribution in [0.4, 0.5) is 5.69 Å². The third kappa shape index (κ3) is 3.31. The fourth-order valence-corrected chi connectivity index (χ4v) is 2.39. The predicted molar refractivity (Wildman–Crippen MR) is 73.0 cm³/mol. The van der Waals surface area contributed by atoms with Crippen molar-refractivity contribution in [2.45, 2.75) is 25.1 Å². The molecule has 0 radical (unpaired) electrons. The lowest BCUT2D eigenvalue weighted by molar-refractivity contribution is -0.119. The molecule has 1 aromatic heterocycles. The molecule has 6 nitrogen and oxygen atoms in total. The Morgan fingerprint density at radius 1 is 1.53 bits per heavy atom. The molecule has 0 fully saturated rings. The SMILES string of the molecule is CC(C)NC(=O)CS(=O)c1nc2ccc(N)cc2o1. The van der Waals surface area contributed by atoms with Gasteiger partial charge >= 0.3 is 0 Å². The number of oxazole rings is 1. The molecular weight excluding hydrogens is 266 g/mol. The molecule has 0 aliphatic rings. The van der Waals surface area contributed by atoms with Gasteiger partial charge in [0.25, 0.3) is 5.22 Å². The van der Waals surface area contributed by atoms with Crippen molar-refractivity contribution in [2.75, 3.05) is 11.5 Å². The second kappa shape index (κ2) is 5.40. The van der Waals surface area contributed by atoms with Gasteiger partial charge in [-0.3, -0.25) is 4.79 Å². The lowest BCUT2D eigenvalue weighted by Gasteiger charge is -2.06. The summed E-state index contributed by atoms with van der Waals surface area (Å²) < 4.78 is 17.3. The van der Waals surface area contributed by atoms with Crippen LogP contribution in [0, 0.1) is 0 Å². The maximum absolute atomic E-state index is 12.0. The van der Waals surface area contributed by atoms with Gasteiger partial charge in [0, 0.05) is 17.8 Å². The lowest BCUT2D eigenvalue weighted by Crippen LogP contribution is -2.33. The van der Waals surface area contributed by atoms with Crippen molar-refractivity contribution in [1.29, 1.82) is 0 Å². The van der Waals surface area contributed by atoms with E-state index in [9.17, 15) is 9.00 Å². The zero-order valence-electron chi connectivity index (χ0n) is 10.7. The summed E-state index contributed by atoms with van der Waals surface area (Å²) in [6.45, 7) is 3.67. The molecule has 1 aromatic carbocycles. The molecule has 19 heavy (non-hydrogen) atoms. The van der Waals surface area contributed by atoms with Crippen LogP contribution in [0.15, 0.2) is 27.8 Å². The molecule has 0 saturated carbocycles. The summed E-state index contributed by atoms with van der Waals surface area (Å²) in [7, 11) is -1.60. The van der Waals surface area contributed by atoms with E-state index in [1.807, 2.05) is 13.8 Å². The smallest absolute Gasteiger partial charge is 0.288 e. The number of nitrogens with zero attached hydrogens (tertiary/aromatic N) is 1. The van der Waals surface area contributed by atoms with Gasteiger partial charge in [0.15, 0.2) is 5.58 Å². The number of carbonyl (C=O) groups excluding carboxylic acids is 1. The van der Waals surface area contributed by atoms with Gasteiger partial charge in [0.2, 0.25) is 5.91 Å². The Morgan fingerprint density at radius 2 is 2.26 bits per heavy atom. The number of carbonyl (C=O) groups is 1. The topological polar surface area (TPSA) is 98.2 Å². The molecule has 2 aromatic rings. The van der Waals surface area contributed by atoms with E-state index >= 15 is 0 Å². The molecule has 1 heterocycles. The standard InChI is InChI=1S/C12H15N3O3S/c1-7(2)14-11(16)6-19(17)12-15-9-4-3-8(13)5-10(9)18-12/h3-5,7H,6,13H2,1-2H3,(H,14,16). The number of nitrogen functional groups attached to an aromatic ring is 1. The van der Waals surface area contributed by atoms with Crippen LogP contribution < -0.4 is 11.1 Å². The molecule has 0 spiro atoms. The Balaban J connectivity index is 2.15. The second-order valence-electron chi connectivity index (χ2n) is 4.42. The van der Waals surface area contributed by atoms with E-state index in [4.69, 9.17) is 10.2 Å². The minimum atomic E-state index is -1.60. The largest absolute Gasteiger partial charge is 0.430 e. The Bertz CT molecular complexity index is 636. The molecule has 7 heteroatoms. The average Bonchev–Trinajstić information content (AvgIpc) is 2.70. The highest BCUT2D eigenvalue weighted by Gasteiger charge is 2.17. The van der Waals surface area contributed by atoms with Crippen molar-refractivity contribution in [3.05, 3.63) is 18.2 Å².